The van der Waals surface area contributed by atoms with Crippen molar-refractivity contribution in [2.75, 3.05) is 18.5 Å². The van der Waals surface area contributed by atoms with Gasteiger partial charge in [0.15, 0.2) is 11.5 Å². The number of furan rings is 1. The summed E-state index contributed by atoms with van der Waals surface area (Å²) in [5.74, 6) is 3.32. The number of hydrogen-bond acceptors (Lipinski definition) is 4. The van der Waals surface area contributed by atoms with Crippen molar-refractivity contribution >= 4 is 21.6 Å². The summed E-state index contributed by atoms with van der Waals surface area (Å²) in [7, 11) is 0. The van der Waals surface area contributed by atoms with Gasteiger partial charge in [-0.1, -0.05) is 22.0 Å². The van der Waals surface area contributed by atoms with Crippen molar-refractivity contribution in [1.82, 2.24) is 0 Å². The van der Waals surface area contributed by atoms with E-state index in [2.05, 4.69) is 34.2 Å². The SMILES string of the molecule is Cc1cc(-c2ccc(CNc3ccc4c(c3)OCCO4)o2)ccc1Br. The molecule has 1 N–H and O–H groups in total. The fourth-order valence-electron chi connectivity index (χ4n) is 2.77. The summed E-state index contributed by atoms with van der Waals surface area (Å²) in [6.45, 7) is 3.87. The smallest absolute Gasteiger partial charge is 0.163 e. The van der Waals surface area contributed by atoms with Gasteiger partial charge in [0.2, 0.25) is 0 Å². The molecule has 4 nitrogen and oxygen atoms in total. The van der Waals surface area contributed by atoms with Gasteiger partial charge in [-0.3, -0.25) is 0 Å². The van der Waals surface area contributed by atoms with Crippen molar-refractivity contribution in [3.63, 3.8) is 0 Å². The lowest BCUT2D eigenvalue weighted by molar-refractivity contribution is 0.171. The van der Waals surface area contributed by atoms with Gasteiger partial charge in [-0.05, 0) is 48.9 Å². The van der Waals surface area contributed by atoms with Crippen LogP contribution >= 0.6 is 15.9 Å². The van der Waals surface area contributed by atoms with Crippen LogP contribution in [-0.4, -0.2) is 13.2 Å². The molecule has 2 aromatic carbocycles. The quantitative estimate of drug-likeness (QED) is 0.637. The second-order valence-electron chi connectivity index (χ2n) is 5.94. The van der Waals surface area contributed by atoms with E-state index in [0.717, 1.165) is 38.7 Å². The number of benzene rings is 2. The van der Waals surface area contributed by atoms with E-state index in [4.69, 9.17) is 13.9 Å². The van der Waals surface area contributed by atoms with Crippen molar-refractivity contribution < 1.29 is 13.9 Å². The average molecular weight is 400 g/mol. The van der Waals surface area contributed by atoms with Gasteiger partial charge >= 0.3 is 0 Å². The minimum Gasteiger partial charge on any atom is -0.486 e. The van der Waals surface area contributed by atoms with Gasteiger partial charge in [0, 0.05) is 21.8 Å². The molecule has 0 fully saturated rings. The van der Waals surface area contributed by atoms with Crippen LogP contribution in [0.3, 0.4) is 0 Å². The molecule has 0 radical (unpaired) electrons. The standard InChI is InChI=1S/C20H18BrNO3/c1-13-10-14(2-5-17(13)21)18-7-4-16(25-18)12-22-15-3-6-19-20(11-15)24-9-8-23-19/h2-7,10-11,22H,8-9,12H2,1H3. The summed E-state index contributed by atoms with van der Waals surface area (Å²) < 4.78 is 18.2. The van der Waals surface area contributed by atoms with Crippen molar-refractivity contribution in [1.29, 1.82) is 0 Å². The molecule has 0 bridgehead atoms. The molecule has 1 aliphatic rings. The number of ether oxygens (including phenoxy) is 2. The Balaban J connectivity index is 1.45. The molecule has 1 aliphatic heterocycles. The van der Waals surface area contributed by atoms with E-state index >= 15 is 0 Å². The van der Waals surface area contributed by atoms with E-state index in [1.807, 2.05) is 42.5 Å². The second-order valence-corrected chi connectivity index (χ2v) is 6.80. The Labute approximate surface area is 154 Å². The van der Waals surface area contributed by atoms with E-state index in [1.54, 1.807) is 0 Å². The normalized spacial score (nSPS) is 12.9. The summed E-state index contributed by atoms with van der Waals surface area (Å²) in [5.41, 5.74) is 3.23. The van der Waals surface area contributed by atoms with Crippen LogP contribution < -0.4 is 14.8 Å². The van der Waals surface area contributed by atoms with Crippen LogP contribution in [0.1, 0.15) is 11.3 Å². The van der Waals surface area contributed by atoms with Crippen molar-refractivity contribution in [2.45, 2.75) is 13.5 Å². The Kier molecular flexibility index (Phi) is 4.40. The lowest BCUT2D eigenvalue weighted by Crippen LogP contribution is -2.15. The fraction of sp³-hybridized carbons (Fsp3) is 0.200. The largest absolute Gasteiger partial charge is 0.486 e. The zero-order valence-corrected chi connectivity index (χ0v) is 15.4. The Hall–Kier alpha value is -2.40. The number of nitrogens with one attached hydrogen (secondary N) is 1. The van der Waals surface area contributed by atoms with Gasteiger partial charge in [0.25, 0.3) is 0 Å². The lowest BCUT2D eigenvalue weighted by atomic mass is 10.1. The highest BCUT2D eigenvalue weighted by atomic mass is 79.9. The van der Waals surface area contributed by atoms with Gasteiger partial charge in [-0.15, -0.1) is 0 Å². The first-order valence-corrected chi connectivity index (χ1v) is 8.97. The maximum absolute atomic E-state index is 5.97. The van der Waals surface area contributed by atoms with Crippen LogP contribution in [0.25, 0.3) is 11.3 Å². The Morgan fingerprint density at radius 2 is 1.80 bits per heavy atom. The molecule has 0 aliphatic carbocycles. The third-order valence-corrected chi connectivity index (χ3v) is 5.00. The monoisotopic (exact) mass is 399 g/mol. The molecule has 4 rings (SSSR count). The number of rotatable bonds is 4. The number of hydrogen-bond donors (Lipinski definition) is 1. The second kappa shape index (κ2) is 6.84. The molecular weight excluding hydrogens is 382 g/mol. The maximum Gasteiger partial charge on any atom is 0.163 e. The van der Waals surface area contributed by atoms with E-state index in [1.165, 1.54) is 5.56 Å². The van der Waals surface area contributed by atoms with Gasteiger partial charge < -0.3 is 19.2 Å². The van der Waals surface area contributed by atoms with E-state index in [9.17, 15) is 0 Å². The Morgan fingerprint density at radius 3 is 2.64 bits per heavy atom. The van der Waals surface area contributed by atoms with Crippen molar-refractivity contribution in [2.24, 2.45) is 0 Å². The molecule has 2 heterocycles. The minimum atomic E-state index is 0.588. The third kappa shape index (κ3) is 3.51. The molecular formula is C20H18BrNO3. The molecule has 3 aromatic rings. The highest BCUT2D eigenvalue weighted by Crippen LogP contribution is 2.33. The molecule has 25 heavy (non-hydrogen) atoms. The van der Waals surface area contributed by atoms with Crippen LogP contribution in [-0.2, 0) is 6.54 Å². The highest BCUT2D eigenvalue weighted by molar-refractivity contribution is 9.10. The first kappa shape index (κ1) is 16.1. The van der Waals surface area contributed by atoms with Crippen LogP contribution in [0, 0.1) is 6.92 Å². The molecule has 1 aromatic heterocycles. The van der Waals surface area contributed by atoms with Crippen LogP contribution in [0.4, 0.5) is 5.69 Å². The predicted octanol–water partition coefficient (Wildman–Crippen LogP) is 5.40. The Morgan fingerprint density at radius 1 is 0.960 bits per heavy atom. The van der Waals surface area contributed by atoms with Crippen LogP contribution in [0.2, 0.25) is 0 Å². The highest BCUT2D eigenvalue weighted by Gasteiger charge is 2.12. The van der Waals surface area contributed by atoms with E-state index < -0.39 is 0 Å². The Bertz CT molecular complexity index is 904. The van der Waals surface area contributed by atoms with E-state index in [0.29, 0.717) is 19.8 Å². The van der Waals surface area contributed by atoms with Crippen molar-refractivity contribution in [3.8, 4) is 22.8 Å². The summed E-state index contributed by atoms with van der Waals surface area (Å²) >= 11 is 3.52. The molecule has 0 unspecified atom stereocenters. The number of aryl methyl sites for hydroxylation is 1. The number of fused-ring (bicyclic) bond motifs is 1. The summed E-state index contributed by atoms with van der Waals surface area (Å²) in [6.07, 6.45) is 0. The molecule has 0 saturated heterocycles. The zero-order chi connectivity index (χ0) is 17.2. The number of halogens is 1. The van der Waals surface area contributed by atoms with Gasteiger partial charge in [-0.25, -0.2) is 0 Å². The summed E-state index contributed by atoms with van der Waals surface area (Å²) in [4.78, 5) is 0. The van der Waals surface area contributed by atoms with Crippen LogP contribution in [0.5, 0.6) is 11.5 Å². The molecule has 5 heteroatoms. The predicted molar refractivity (Wildman–Crippen MR) is 101 cm³/mol. The van der Waals surface area contributed by atoms with E-state index in [-0.39, 0.29) is 0 Å². The summed E-state index contributed by atoms with van der Waals surface area (Å²) in [6, 6.07) is 16.1. The van der Waals surface area contributed by atoms with Gasteiger partial charge in [0.1, 0.15) is 24.7 Å². The minimum absolute atomic E-state index is 0.588. The fourth-order valence-corrected chi connectivity index (χ4v) is 3.02. The maximum atomic E-state index is 5.97. The molecule has 0 amide bonds. The molecule has 0 atom stereocenters. The third-order valence-electron chi connectivity index (χ3n) is 4.11. The van der Waals surface area contributed by atoms with Crippen LogP contribution in [0.15, 0.2) is 57.4 Å². The molecule has 0 spiro atoms. The molecule has 0 saturated carbocycles. The van der Waals surface area contributed by atoms with Gasteiger partial charge in [-0.2, -0.15) is 0 Å². The van der Waals surface area contributed by atoms with Gasteiger partial charge in [0.05, 0.1) is 6.54 Å². The molecule has 128 valence electrons. The summed E-state index contributed by atoms with van der Waals surface area (Å²) in [5, 5.41) is 3.36. The average Bonchev–Trinajstić information content (AvgIpc) is 3.11. The topological polar surface area (TPSA) is 43.6 Å². The number of anilines is 1. The first-order valence-electron chi connectivity index (χ1n) is 8.18. The first-order chi connectivity index (χ1) is 12.2. The lowest BCUT2D eigenvalue weighted by Gasteiger charge is -2.19. The zero-order valence-electron chi connectivity index (χ0n) is 13.8. The van der Waals surface area contributed by atoms with Crippen molar-refractivity contribution in [3.05, 3.63) is 64.3 Å².